The normalized spacial score (nSPS) is 16.4. The molecule has 2 heterocycles. The summed E-state index contributed by atoms with van der Waals surface area (Å²) in [6, 6.07) is 5.60. The van der Waals surface area contributed by atoms with Crippen LogP contribution in [0.2, 0.25) is 0 Å². The largest absolute Gasteiger partial charge is 0.497 e. The number of aryl methyl sites for hydroxylation is 2. The quantitative estimate of drug-likeness (QED) is 0.877. The number of methoxy groups -OCH3 is 1. The number of imidazole rings is 1. The number of hydrogen-bond donors (Lipinski definition) is 1. The van der Waals surface area contributed by atoms with Gasteiger partial charge in [0.05, 0.1) is 19.8 Å². The van der Waals surface area contributed by atoms with Crippen LogP contribution in [-0.4, -0.2) is 52.3 Å². The van der Waals surface area contributed by atoms with Crippen molar-refractivity contribution in [2.24, 2.45) is 0 Å². The van der Waals surface area contributed by atoms with Gasteiger partial charge in [-0.2, -0.15) is 0 Å². The molecule has 146 valence electrons. The van der Waals surface area contributed by atoms with Gasteiger partial charge in [-0.1, -0.05) is 0 Å². The van der Waals surface area contributed by atoms with Gasteiger partial charge in [0.25, 0.3) is 5.91 Å². The second-order valence-electron chi connectivity index (χ2n) is 7.41. The van der Waals surface area contributed by atoms with Crippen molar-refractivity contribution in [2.75, 3.05) is 26.8 Å². The molecule has 0 aliphatic carbocycles. The first-order chi connectivity index (χ1) is 13.0. The molecule has 0 bridgehead atoms. The predicted octanol–water partition coefficient (Wildman–Crippen LogP) is 3.08. The van der Waals surface area contributed by atoms with Gasteiger partial charge in [-0.05, 0) is 57.4 Å². The summed E-state index contributed by atoms with van der Waals surface area (Å²) >= 11 is 0. The van der Waals surface area contributed by atoms with Crippen LogP contribution in [0.4, 0.5) is 0 Å². The Balaban J connectivity index is 1.70. The van der Waals surface area contributed by atoms with Crippen LogP contribution in [-0.2, 0) is 0 Å². The summed E-state index contributed by atoms with van der Waals surface area (Å²) in [5.41, 5.74) is 2.74. The van der Waals surface area contributed by atoms with Gasteiger partial charge in [-0.15, -0.1) is 0 Å². The second-order valence-corrected chi connectivity index (χ2v) is 7.41. The van der Waals surface area contributed by atoms with Gasteiger partial charge in [-0.25, -0.2) is 4.98 Å². The molecular weight excluding hydrogens is 342 g/mol. The lowest BCUT2D eigenvalue weighted by Crippen LogP contribution is -2.38. The first-order valence-electron chi connectivity index (χ1n) is 9.54. The summed E-state index contributed by atoms with van der Waals surface area (Å²) in [4.78, 5) is 19.5. The number of likely N-dealkylation sites (tertiary alicyclic amines) is 1. The third-order valence-corrected chi connectivity index (χ3v) is 5.53. The summed E-state index contributed by atoms with van der Waals surface area (Å²) in [6.45, 7) is 7.50. The van der Waals surface area contributed by atoms with Crippen molar-refractivity contribution in [1.82, 2.24) is 14.5 Å². The fourth-order valence-electron chi connectivity index (χ4n) is 3.94. The number of aliphatic hydroxyl groups excluding tert-OH is 1. The molecule has 0 saturated carbocycles. The van der Waals surface area contributed by atoms with E-state index >= 15 is 0 Å². The minimum absolute atomic E-state index is 0.0177. The number of ether oxygens (including phenoxy) is 1. The Morgan fingerprint density at radius 3 is 2.63 bits per heavy atom. The number of piperidine rings is 1. The van der Waals surface area contributed by atoms with E-state index in [0.29, 0.717) is 19.0 Å². The molecule has 6 heteroatoms. The van der Waals surface area contributed by atoms with E-state index in [0.717, 1.165) is 41.2 Å². The highest BCUT2D eigenvalue weighted by Crippen LogP contribution is 2.30. The predicted molar refractivity (Wildman–Crippen MR) is 104 cm³/mol. The van der Waals surface area contributed by atoms with Crippen molar-refractivity contribution in [3.8, 4) is 5.75 Å². The lowest BCUT2D eigenvalue weighted by molar-refractivity contribution is 0.0708. The molecule has 1 aliphatic rings. The van der Waals surface area contributed by atoms with Crippen LogP contribution in [0.3, 0.4) is 0 Å². The zero-order valence-electron chi connectivity index (χ0n) is 16.6. The van der Waals surface area contributed by atoms with Crippen molar-refractivity contribution >= 4 is 5.91 Å². The fourth-order valence-corrected chi connectivity index (χ4v) is 3.94. The van der Waals surface area contributed by atoms with E-state index in [2.05, 4.69) is 9.55 Å². The van der Waals surface area contributed by atoms with Crippen molar-refractivity contribution in [2.45, 2.75) is 45.6 Å². The molecule has 1 fully saturated rings. The number of nitrogens with zero attached hydrogens (tertiary/aromatic N) is 3. The van der Waals surface area contributed by atoms with E-state index in [-0.39, 0.29) is 18.6 Å². The Morgan fingerprint density at radius 1 is 1.33 bits per heavy atom. The second kappa shape index (κ2) is 8.13. The topological polar surface area (TPSA) is 67.6 Å². The Morgan fingerprint density at radius 2 is 2.04 bits per heavy atom. The summed E-state index contributed by atoms with van der Waals surface area (Å²) in [5.74, 6) is 2.19. The maximum absolute atomic E-state index is 12.9. The molecule has 1 N–H and O–H groups in total. The highest BCUT2D eigenvalue weighted by molar-refractivity contribution is 5.95. The van der Waals surface area contributed by atoms with Crippen LogP contribution in [0.5, 0.6) is 5.75 Å². The molecule has 0 unspecified atom stereocenters. The zero-order chi connectivity index (χ0) is 19.6. The first kappa shape index (κ1) is 19.4. The minimum atomic E-state index is 0.0177. The number of amides is 1. The van der Waals surface area contributed by atoms with Crippen LogP contribution in [0.25, 0.3) is 0 Å². The molecule has 1 aromatic carbocycles. The highest BCUT2D eigenvalue weighted by Gasteiger charge is 2.29. The van der Waals surface area contributed by atoms with Gasteiger partial charge in [0.2, 0.25) is 0 Å². The maximum Gasteiger partial charge on any atom is 0.254 e. The van der Waals surface area contributed by atoms with Gasteiger partial charge in [0, 0.05) is 36.5 Å². The SMILES string of the molecule is COc1ccc(C(=O)N2CCC(c3ncc(C)n3[C@H](C)CO)CC2)c(C)c1. The van der Waals surface area contributed by atoms with Gasteiger partial charge >= 0.3 is 0 Å². The highest BCUT2D eigenvalue weighted by atomic mass is 16.5. The van der Waals surface area contributed by atoms with E-state index in [1.165, 1.54) is 0 Å². The first-order valence-corrected chi connectivity index (χ1v) is 9.54. The van der Waals surface area contributed by atoms with Crippen molar-refractivity contribution in [3.05, 3.63) is 47.0 Å². The number of benzene rings is 1. The molecule has 3 rings (SSSR count). The van der Waals surface area contributed by atoms with Crippen LogP contribution in [0, 0.1) is 13.8 Å². The number of hydrogen-bond acceptors (Lipinski definition) is 4. The lowest BCUT2D eigenvalue weighted by atomic mass is 9.94. The fraction of sp³-hybridized carbons (Fsp3) is 0.524. The van der Waals surface area contributed by atoms with Crippen molar-refractivity contribution < 1.29 is 14.6 Å². The third-order valence-electron chi connectivity index (χ3n) is 5.53. The zero-order valence-corrected chi connectivity index (χ0v) is 16.6. The standard InChI is InChI=1S/C21H29N3O3/c1-14-11-18(27-4)5-6-19(14)21(26)23-9-7-17(8-10-23)20-22-12-15(2)24(20)16(3)13-25/h5-6,11-12,16-17,25H,7-10,13H2,1-4H3/t16-/m1/s1. The molecule has 6 nitrogen and oxygen atoms in total. The Bertz CT molecular complexity index is 807. The van der Waals surface area contributed by atoms with E-state index in [1.54, 1.807) is 7.11 Å². The number of aliphatic hydroxyl groups is 1. The lowest BCUT2D eigenvalue weighted by Gasteiger charge is -2.33. The molecule has 1 atom stereocenters. The van der Waals surface area contributed by atoms with E-state index in [9.17, 15) is 9.90 Å². The number of carbonyl (C=O) groups is 1. The maximum atomic E-state index is 12.9. The van der Waals surface area contributed by atoms with Crippen LogP contribution in [0.1, 0.15) is 59.2 Å². The van der Waals surface area contributed by atoms with Crippen LogP contribution < -0.4 is 4.74 Å². The Kier molecular flexibility index (Phi) is 5.85. The Labute approximate surface area is 160 Å². The average Bonchev–Trinajstić information content (AvgIpc) is 3.08. The van der Waals surface area contributed by atoms with E-state index < -0.39 is 0 Å². The molecule has 0 radical (unpaired) electrons. The van der Waals surface area contributed by atoms with Crippen molar-refractivity contribution in [1.29, 1.82) is 0 Å². The Hall–Kier alpha value is -2.34. The van der Waals surface area contributed by atoms with Crippen LogP contribution >= 0.6 is 0 Å². The molecular formula is C21H29N3O3. The number of carbonyl (C=O) groups excluding carboxylic acids is 1. The van der Waals surface area contributed by atoms with Crippen LogP contribution in [0.15, 0.2) is 24.4 Å². The summed E-state index contributed by atoms with van der Waals surface area (Å²) in [6.07, 6.45) is 3.64. The average molecular weight is 371 g/mol. The van der Waals surface area contributed by atoms with Crippen molar-refractivity contribution in [3.63, 3.8) is 0 Å². The molecule has 0 spiro atoms. The van der Waals surface area contributed by atoms with Gasteiger partial charge < -0.3 is 19.3 Å². The molecule has 1 amide bonds. The molecule has 1 aliphatic heterocycles. The molecule has 2 aromatic rings. The summed E-state index contributed by atoms with van der Waals surface area (Å²) in [7, 11) is 1.63. The van der Waals surface area contributed by atoms with Gasteiger partial charge in [0.1, 0.15) is 11.6 Å². The molecule has 27 heavy (non-hydrogen) atoms. The number of aromatic nitrogens is 2. The summed E-state index contributed by atoms with van der Waals surface area (Å²) < 4.78 is 7.36. The number of rotatable bonds is 5. The molecule has 1 saturated heterocycles. The minimum Gasteiger partial charge on any atom is -0.497 e. The molecule has 1 aromatic heterocycles. The van der Waals surface area contributed by atoms with E-state index in [1.807, 2.05) is 50.1 Å². The monoisotopic (exact) mass is 371 g/mol. The summed E-state index contributed by atoms with van der Waals surface area (Å²) in [5, 5.41) is 9.55. The smallest absolute Gasteiger partial charge is 0.254 e. The van der Waals surface area contributed by atoms with Gasteiger partial charge in [0.15, 0.2) is 0 Å². The van der Waals surface area contributed by atoms with Gasteiger partial charge in [-0.3, -0.25) is 4.79 Å². The third kappa shape index (κ3) is 3.86. The van der Waals surface area contributed by atoms with E-state index in [4.69, 9.17) is 4.74 Å².